The number of benzene rings is 1. The van der Waals surface area contributed by atoms with Gasteiger partial charge in [0.1, 0.15) is 5.82 Å². The second kappa shape index (κ2) is 7.07. The molecule has 1 aliphatic rings. The van der Waals surface area contributed by atoms with Crippen molar-refractivity contribution in [1.29, 1.82) is 0 Å². The number of hydrogen-bond donors (Lipinski definition) is 1. The van der Waals surface area contributed by atoms with Crippen LogP contribution in [0.2, 0.25) is 0 Å². The van der Waals surface area contributed by atoms with Crippen molar-refractivity contribution in [2.45, 2.75) is 65.1 Å². The van der Waals surface area contributed by atoms with E-state index in [-0.39, 0.29) is 5.82 Å². The maximum Gasteiger partial charge on any atom is 0.146 e. The van der Waals surface area contributed by atoms with Gasteiger partial charge in [-0.25, -0.2) is 4.39 Å². The molecule has 1 aromatic carbocycles. The predicted molar refractivity (Wildman–Crippen MR) is 83.7 cm³/mol. The number of anilines is 1. The predicted octanol–water partition coefficient (Wildman–Crippen LogP) is 4.09. The van der Waals surface area contributed by atoms with Gasteiger partial charge in [0, 0.05) is 18.6 Å². The topological polar surface area (TPSA) is 15.3 Å². The monoisotopic (exact) mass is 278 g/mol. The van der Waals surface area contributed by atoms with Crippen LogP contribution in [0.15, 0.2) is 18.2 Å². The zero-order valence-corrected chi connectivity index (χ0v) is 13.0. The Labute approximate surface area is 122 Å². The Bertz CT molecular complexity index is 433. The Kier molecular flexibility index (Phi) is 5.41. The molecule has 1 aromatic rings. The van der Waals surface area contributed by atoms with E-state index in [1.807, 2.05) is 6.07 Å². The highest BCUT2D eigenvalue weighted by molar-refractivity contribution is 5.57. The van der Waals surface area contributed by atoms with Gasteiger partial charge in [-0.15, -0.1) is 0 Å². The average Bonchev–Trinajstić information content (AvgIpc) is 2.80. The van der Waals surface area contributed by atoms with E-state index in [4.69, 9.17) is 0 Å². The molecule has 1 aliphatic heterocycles. The van der Waals surface area contributed by atoms with Crippen LogP contribution >= 0.6 is 0 Å². The lowest BCUT2D eigenvalue weighted by Gasteiger charge is -2.32. The van der Waals surface area contributed by atoms with Crippen LogP contribution in [-0.2, 0) is 6.54 Å². The summed E-state index contributed by atoms with van der Waals surface area (Å²) in [4.78, 5) is 2.32. The van der Waals surface area contributed by atoms with Crippen molar-refractivity contribution in [3.63, 3.8) is 0 Å². The largest absolute Gasteiger partial charge is 0.363 e. The third-order valence-electron chi connectivity index (χ3n) is 4.33. The first-order valence-electron chi connectivity index (χ1n) is 7.95. The zero-order valence-electron chi connectivity index (χ0n) is 13.0. The van der Waals surface area contributed by atoms with Gasteiger partial charge in [0.05, 0.1) is 5.69 Å². The van der Waals surface area contributed by atoms with E-state index in [1.54, 1.807) is 6.07 Å². The molecular formula is C17H27FN2. The fraction of sp³-hybridized carbons (Fsp3) is 0.647. The summed E-state index contributed by atoms with van der Waals surface area (Å²) in [5.74, 6) is -0.0759. The Morgan fingerprint density at radius 3 is 2.80 bits per heavy atom. The lowest BCUT2D eigenvalue weighted by molar-refractivity contribution is 0.573. The molecule has 2 nitrogen and oxygen atoms in total. The quantitative estimate of drug-likeness (QED) is 0.788. The Balaban J connectivity index is 2.28. The van der Waals surface area contributed by atoms with Gasteiger partial charge in [0.25, 0.3) is 0 Å². The van der Waals surface area contributed by atoms with Gasteiger partial charge in [-0.05, 0) is 50.8 Å². The van der Waals surface area contributed by atoms with E-state index in [2.05, 4.69) is 37.1 Å². The second-order valence-corrected chi connectivity index (χ2v) is 5.82. The standard InChI is InChI=1S/C17H27FN2/c1-4-11-19-12-14-7-6-8-16(18)17(14)20-13(3)9-10-15(20)5-2/h6-8,13,15,19H,4-5,9-12H2,1-3H3. The number of rotatable bonds is 6. The fourth-order valence-electron chi connectivity index (χ4n) is 3.27. The molecule has 1 fully saturated rings. The lowest BCUT2D eigenvalue weighted by Crippen LogP contribution is -2.36. The maximum absolute atomic E-state index is 14.4. The Morgan fingerprint density at radius 2 is 2.10 bits per heavy atom. The summed E-state index contributed by atoms with van der Waals surface area (Å²) < 4.78 is 14.4. The SMILES string of the molecule is CCCNCc1cccc(F)c1N1C(C)CCC1CC. The van der Waals surface area contributed by atoms with Gasteiger partial charge < -0.3 is 10.2 Å². The molecule has 112 valence electrons. The highest BCUT2D eigenvalue weighted by Gasteiger charge is 2.32. The Hall–Kier alpha value is -1.09. The van der Waals surface area contributed by atoms with Gasteiger partial charge in [-0.3, -0.25) is 0 Å². The average molecular weight is 278 g/mol. The van der Waals surface area contributed by atoms with Gasteiger partial charge in [0.2, 0.25) is 0 Å². The van der Waals surface area contributed by atoms with Crippen LogP contribution in [0.5, 0.6) is 0 Å². The van der Waals surface area contributed by atoms with Crippen LogP contribution in [0.4, 0.5) is 10.1 Å². The van der Waals surface area contributed by atoms with E-state index in [0.29, 0.717) is 12.1 Å². The first kappa shape index (κ1) is 15.3. The highest BCUT2D eigenvalue weighted by Crippen LogP contribution is 2.36. The van der Waals surface area contributed by atoms with Gasteiger partial charge in [-0.1, -0.05) is 26.0 Å². The van der Waals surface area contributed by atoms with E-state index < -0.39 is 0 Å². The summed E-state index contributed by atoms with van der Waals surface area (Å²) in [7, 11) is 0. The molecule has 0 aliphatic carbocycles. The van der Waals surface area contributed by atoms with Crippen LogP contribution in [0, 0.1) is 5.82 Å². The third-order valence-corrected chi connectivity index (χ3v) is 4.33. The van der Waals surface area contributed by atoms with Crippen molar-refractivity contribution in [1.82, 2.24) is 5.32 Å². The minimum Gasteiger partial charge on any atom is -0.363 e. The van der Waals surface area contributed by atoms with Crippen LogP contribution in [0.1, 0.15) is 52.0 Å². The molecule has 0 amide bonds. The highest BCUT2D eigenvalue weighted by atomic mass is 19.1. The summed E-state index contributed by atoms with van der Waals surface area (Å²) in [5, 5.41) is 3.40. The van der Waals surface area contributed by atoms with E-state index in [1.165, 1.54) is 6.42 Å². The van der Waals surface area contributed by atoms with Gasteiger partial charge in [0.15, 0.2) is 0 Å². The van der Waals surface area contributed by atoms with Gasteiger partial charge >= 0.3 is 0 Å². The zero-order chi connectivity index (χ0) is 14.5. The molecule has 0 saturated carbocycles. The summed E-state index contributed by atoms with van der Waals surface area (Å²) in [6.07, 6.45) is 4.52. The molecule has 1 N–H and O–H groups in total. The minimum atomic E-state index is -0.0759. The maximum atomic E-state index is 14.4. The first-order chi connectivity index (χ1) is 9.69. The lowest BCUT2D eigenvalue weighted by atomic mass is 10.1. The molecule has 1 saturated heterocycles. The van der Waals surface area contributed by atoms with Crippen LogP contribution < -0.4 is 10.2 Å². The van der Waals surface area contributed by atoms with Crippen molar-refractivity contribution in [3.05, 3.63) is 29.6 Å². The summed E-state index contributed by atoms with van der Waals surface area (Å²) >= 11 is 0. The van der Waals surface area contributed by atoms with E-state index in [9.17, 15) is 4.39 Å². The number of nitrogens with one attached hydrogen (secondary N) is 1. The van der Waals surface area contributed by atoms with E-state index >= 15 is 0 Å². The third kappa shape index (κ3) is 3.14. The number of para-hydroxylation sites is 1. The smallest absolute Gasteiger partial charge is 0.146 e. The molecule has 0 spiro atoms. The van der Waals surface area contributed by atoms with Crippen LogP contribution in [0.25, 0.3) is 0 Å². The summed E-state index contributed by atoms with van der Waals surface area (Å²) in [6, 6.07) is 6.38. The number of nitrogens with zero attached hydrogens (tertiary/aromatic N) is 1. The molecule has 2 unspecified atom stereocenters. The van der Waals surface area contributed by atoms with Crippen molar-refractivity contribution in [2.24, 2.45) is 0 Å². The normalized spacial score (nSPS) is 22.5. The molecule has 0 bridgehead atoms. The molecule has 0 aromatic heterocycles. The van der Waals surface area contributed by atoms with Crippen molar-refractivity contribution in [2.75, 3.05) is 11.4 Å². The molecule has 1 heterocycles. The molecule has 20 heavy (non-hydrogen) atoms. The fourth-order valence-corrected chi connectivity index (χ4v) is 3.27. The number of hydrogen-bond acceptors (Lipinski definition) is 2. The number of halogens is 1. The van der Waals surface area contributed by atoms with Crippen molar-refractivity contribution < 1.29 is 4.39 Å². The summed E-state index contributed by atoms with van der Waals surface area (Å²) in [6.45, 7) is 8.29. The molecule has 2 rings (SSSR count). The first-order valence-corrected chi connectivity index (χ1v) is 7.95. The molecular weight excluding hydrogens is 251 g/mol. The van der Waals surface area contributed by atoms with Crippen molar-refractivity contribution >= 4 is 5.69 Å². The summed E-state index contributed by atoms with van der Waals surface area (Å²) in [5.41, 5.74) is 1.92. The van der Waals surface area contributed by atoms with Crippen molar-refractivity contribution in [3.8, 4) is 0 Å². The second-order valence-electron chi connectivity index (χ2n) is 5.82. The van der Waals surface area contributed by atoms with Crippen LogP contribution in [-0.4, -0.2) is 18.6 Å². The Morgan fingerprint density at radius 1 is 1.30 bits per heavy atom. The minimum absolute atomic E-state index is 0.0759. The molecule has 2 atom stereocenters. The molecule has 3 heteroatoms. The van der Waals surface area contributed by atoms with Gasteiger partial charge in [-0.2, -0.15) is 0 Å². The van der Waals surface area contributed by atoms with E-state index in [0.717, 1.165) is 43.6 Å². The molecule has 0 radical (unpaired) electrons. The van der Waals surface area contributed by atoms with Crippen LogP contribution in [0.3, 0.4) is 0 Å².